The SMILES string of the molecule is O=C(CCc1ccc(C(F)(F)F)cc1)N1CCCN2CCCC2C1. The minimum Gasteiger partial charge on any atom is -0.341 e. The van der Waals surface area contributed by atoms with E-state index in [0.717, 1.165) is 56.7 Å². The van der Waals surface area contributed by atoms with E-state index < -0.39 is 11.7 Å². The molecule has 1 atom stereocenters. The van der Waals surface area contributed by atoms with Crippen LogP contribution in [0.3, 0.4) is 0 Å². The van der Waals surface area contributed by atoms with Crippen LogP contribution in [0.15, 0.2) is 24.3 Å². The summed E-state index contributed by atoms with van der Waals surface area (Å²) in [6.07, 6.45) is -0.100. The number of rotatable bonds is 3. The number of carbonyl (C=O) groups is 1. The first kappa shape index (κ1) is 17.3. The molecule has 2 fully saturated rings. The number of halogens is 3. The third kappa shape index (κ3) is 4.09. The summed E-state index contributed by atoms with van der Waals surface area (Å²) in [5, 5.41) is 0. The molecule has 0 saturated carbocycles. The van der Waals surface area contributed by atoms with E-state index in [4.69, 9.17) is 0 Å². The van der Waals surface area contributed by atoms with Gasteiger partial charge in [-0.3, -0.25) is 9.69 Å². The third-order valence-electron chi connectivity index (χ3n) is 5.07. The van der Waals surface area contributed by atoms with E-state index in [1.807, 2.05) is 4.90 Å². The van der Waals surface area contributed by atoms with Gasteiger partial charge in [-0.15, -0.1) is 0 Å². The molecule has 1 aromatic carbocycles. The van der Waals surface area contributed by atoms with Crippen molar-refractivity contribution in [3.8, 4) is 0 Å². The summed E-state index contributed by atoms with van der Waals surface area (Å²) in [5.74, 6) is 0.114. The zero-order chi connectivity index (χ0) is 17.2. The van der Waals surface area contributed by atoms with Crippen LogP contribution in [-0.2, 0) is 17.4 Å². The van der Waals surface area contributed by atoms with Crippen molar-refractivity contribution in [3.05, 3.63) is 35.4 Å². The Morgan fingerprint density at radius 3 is 2.50 bits per heavy atom. The van der Waals surface area contributed by atoms with Crippen LogP contribution >= 0.6 is 0 Å². The van der Waals surface area contributed by atoms with Gasteiger partial charge >= 0.3 is 6.18 Å². The van der Waals surface area contributed by atoms with Crippen molar-refractivity contribution in [1.82, 2.24) is 9.80 Å². The summed E-state index contributed by atoms with van der Waals surface area (Å²) < 4.78 is 37.7. The largest absolute Gasteiger partial charge is 0.416 e. The predicted molar refractivity (Wildman–Crippen MR) is 85.6 cm³/mol. The van der Waals surface area contributed by atoms with Gasteiger partial charge in [0.05, 0.1) is 5.56 Å². The van der Waals surface area contributed by atoms with Gasteiger partial charge in [-0.25, -0.2) is 0 Å². The van der Waals surface area contributed by atoms with E-state index in [1.54, 1.807) is 0 Å². The van der Waals surface area contributed by atoms with E-state index in [-0.39, 0.29) is 5.91 Å². The van der Waals surface area contributed by atoms with Crippen LogP contribution in [0.1, 0.15) is 36.8 Å². The minimum absolute atomic E-state index is 0.114. The van der Waals surface area contributed by atoms with Crippen molar-refractivity contribution in [1.29, 1.82) is 0 Å². The molecule has 24 heavy (non-hydrogen) atoms. The molecule has 132 valence electrons. The molecule has 0 radical (unpaired) electrons. The summed E-state index contributed by atoms with van der Waals surface area (Å²) in [7, 11) is 0. The second-order valence-corrected chi connectivity index (χ2v) is 6.72. The molecule has 0 bridgehead atoms. The number of nitrogens with zero attached hydrogens (tertiary/aromatic N) is 2. The fourth-order valence-electron chi connectivity index (χ4n) is 3.70. The van der Waals surface area contributed by atoms with Gasteiger partial charge in [0.1, 0.15) is 0 Å². The van der Waals surface area contributed by atoms with Gasteiger partial charge in [0.15, 0.2) is 0 Å². The smallest absolute Gasteiger partial charge is 0.341 e. The predicted octanol–water partition coefficient (Wildman–Crippen LogP) is 3.33. The molecular formula is C18H23F3N2O. The second-order valence-electron chi connectivity index (χ2n) is 6.72. The van der Waals surface area contributed by atoms with Gasteiger partial charge in [-0.2, -0.15) is 13.2 Å². The van der Waals surface area contributed by atoms with Crippen molar-refractivity contribution in [2.45, 2.75) is 44.3 Å². The van der Waals surface area contributed by atoms with Gasteiger partial charge in [0.2, 0.25) is 5.91 Å². The van der Waals surface area contributed by atoms with Gasteiger partial charge in [0.25, 0.3) is 0 Å². The lowest BCUT2D eigenvalue weighted by atomic mass is 10.1. The van der Waals surface area contributed by atoms with Crippen molar-refractivity contribution in [2.75, 3.05) is 26.2 Å². The van der Waals surface area contributed by atoms with Crippen molar-refractivity contribution >= 4 is 5.91 Å². The Labute approximate surface area is 140 Å². The third-order valence-corrected chi connectivity index (χ3v) is 5.07. The number of aryl methyl sites for hydroxylation is 1. The molecule has 0 N–H and O–H groups in total. The zero-order valence-corrected chi connectivity index (χ0v) is 13.7. The van der Waals surface area contributed by atoms with Crippen LogP contribution < -0.4 is 0 Å². The van der Waals surface area contributed by atoms with Crippen LogP contribution in [0.25, 0.3) is 0 Å². The number of hydrogen-bond donors (Lipinski definition) is 0. The maximum atomic E-state index is 12.6. The fourth-order valence-corrected chi connectivity index (χ4v) is 3.70. The van der Waals surface area contributed by atoms with Gasteiger partial charge in [0, 0.05) is 32.1 Å². The molecule has 0 spiro atoms. The maximum Gasteiger partial charge on any atom is 0.416 e. The normalized spacial score (nSPS) is 22.3. The van der Waals surface area contributed by atoms with Crippen LogP contribution in [0.4, 0.5) is 13.2 Å². The standard InChI is InChI=1S/C18H23F3N2O/c19-18(20,21)15-7-4-14(5-8-15)6-9-17(24)23-12-2-11-22-10-1-3-16(22)13-23/h4-5,7-8,16H,1-3,6,9-13H2. The molecule has 2 aliphatic rings. The molecule has 3 nitrogen and oxygen atoms in total. The summed E-state index contributed by atoms with van der Waals surface area (Å²) in [6, 6.07) is 5.60. The number of alkyl halides is 3. The lowest BCUT2D eigenvalue weighted by molar-refractivity contribution is -0.137. The van der Waals surface area contributed by atoms with Crippen LogP contribution in [0.5, 0.6) is 0 Å². The Bertz CT molecular complexity index is 571. The molecule has 1 amide bonds. The molecule has 2 saturated heterocycles. The number of hydrogen-bond acceptors (Lipinski definition) is 2. The molecule has 0 aliphatic carbocycles. The number of fused-ring (bicyclic) bond motifs is 1. The lowest BCUT2D eigenvalue weighted by Gasteiger charge is -2.25. The van der Waals surface area contributed by atoms with Crippen molar-refractivity contribution in [3.63, 3.8) is 0 Å². The van der Waals surface area contributed by atoms with Gasteiger partial charge in [-0.05, 0) is 49.9 Å². The number of carbonyl (C=O) groups excluding carboxylic acids is 1. The first-order valence-corrected chi connectivity index (χ1v) is 8.61. The van der Waals surface area contributed by atoms with Crippen LogP contribution in [-0.4, -0.2) is 47.9 Å². The minimum atomic E-state index is -4.31. The maximum absolute atomic E-state index is 12.6. The van der Waals surface area contributed by atoms with Crippen LogP contribution in [0, 0.1) is 0 Å². The quantitative estimate of drug-likeness (QED) is 0.843. The van der Waals surface area contributed by atoms with Gasteiger partial charge < -0.3 is 4.90 Å². The van der Waals surface area contributed by atoms with E-state index >= 15 is 0 Å². The fraction of sp³-hybridized carbons (Fsp3) is 0.611. The Morgan fingerprint density at radius 1 is 1.08 bits per heavy atom. The van der Waals surface area contributed by atoms with Gasteiger partial charge in [-0.1, -0.05) is 12.1 Å². The zero-order valence-electron chi connectivity index (χ0n) is 13.7. The summed E-state index contributed by atoms with van der Waals surface area (Å²) >= 11 is 0. The van der Waals surface area contributed by atoms with Crippen molar-refractivity contribution < 1.29 is 18.0 Å². The number of amides is 1. The average molecular weight is 340 g/mol. The Kier molecular flexibility index (Phi) is 5.13. The van der Waals surface area contributed by atoms with E-state index in [9.17, 15) is 18.0 Å². The van der Waals surface area contributed by atoms with Crippen LogP contribution in [0.2, 0.25) is 0 Å². The molecule has 3 rings (SSSR count). The molecule has 6 heteroatoms. The molecular weight excluding hydrogens is 317 g/mol. The summed E-state index contributed by atoms with van der Waals surface area (Å²) in [5.41, 5.74) is 0.125. The Hall–Kier alpha value is -1.56. The molecule has 2 aliphatic heterocycles. The topological polar surface area (TPSA) is 23.6 Å². The second kappa shape index (κ2) is 7.13. The van der Waals surface area contributed by atoms with E-state index in [1.165, 1.54) is 18.6 Å². The van der Waals surface area contributed by atoms with E-state index in [0.29, 0.717) is 18.9 Å². The summed E-state index contributed by atoms with van der Waals surface area (Å²) in [6.45, 7) is 3.79. The molecule has 1 aromatic rings. The van der Waals surface area contributed by atoms with E-state index in [2.05, 4.69) is 4.90 Å². The highest BCUT2D eigenvalue weighted by atomic mass is 19.4. The Balaban J connectivity index is 1.53. The molecule has 0 aromatic heterocycles. The molecule has 2 heterocycles. The Morgan fingerprint density at radius 2 is 1.79 bits per heavy atom. The number of benzene rings is 1. The molecule has 1 unspecified atom stereocenters. The first-order chi connectivity index (χ1) is 11.4. The first-order valence-electron chi connectivity index (χ1n) is 8.61. The highest BCUT2D eigenvalue weighted by Crippen LogP contribution is 2.29. The highest BCUT2D eigenvalue weighted by molar-refractivity contribution is 5.76. The van der Waals surface area contributed by atoms with Crippen molar-refractivity contribution in [2.24, 2.45) is 0 Å². The summed E-state index contributed by atoms with van der Waals surface area (Å²) in [4.78, 5) is 16.9. The average Bonchev–Trinajstić information content (AvgIpc) is 2.89. The highest BCUT2D eigenvalue weighted by Gasteiger charge is 2.31. The lowest BCUT2D eigenvalue weighted by Crippen LogP contribution is -2.39. The monoisotopic (exact) mass is 340 g/mol.